The van der Waals surface area contributed by atoms with E-state index in [1.165, 1.54) is 0 Å². The van der Waals surface area contributed by atoms with Crippen molar-refractivity contribution in [2.24, 2.45) is 0 Å². The Kier molecular flexibility index (Phi) is 3.48. The van der Waals surface area contributed by atoms with Crippen molar-refractivity contribution in [2.45, 2.75) is 57.7 Å². The Morgan fingerprint density at radius 3 is 2.57 bits per heavy atom. The van der Waals surface area contributed by atoms with E-state index >= 15 is 0 Å². The van der Waals surface area contributed by atoms with Gasteiger partial charge in [0.05, 0.1) is 0 Å². The Balaban J connectivity index is 2.39. The van der Waals surface area contributed by atoms with E-state index in [-0.39, 0.29) is 18.0 Å². The summed E-state index contributed by atoms with van der Waals surface area (Å²) >= 11 is 0. The van der Waals surface area contributed by atoms with Crippen molar-refractivity contribution in [1.29, 1.82) is 0 Å². The maximum absolute atomic E-state index is 12.8. The summed E-state index contributed by atoms with van der Waals surface area (Å²) in [7, 11) is 0. The third-order valence-corrected chi connectivity index (χ3v) is 2.58. The zero-order chi connectivity index (χ0) is 10.8. The second kappa shape index (κ2) is 4.11. The standard InChI is InChI=1S/C10H20F2N2/c1-4-5-9(2,3)14-8-6-10(11,12)13-7-8/h8,13-14H,4-7H2,1-3H3. The van der Waals surface area contributed by atoms with Crippen LogP contribution in [0.3, 0.4) is 0 Å². The molecule has 1 saturated heterocycles. The molecule has 1 atom stereocenters. The van der Waals surface area contributed by atoms with Crippen LogP contribution in [-0.4, -0.2) is 24.2 Å². The van der Waals surface area contributed by atoms with Gasteiger partial charge in [0.1, 0.15) is 0 Å². The minimum Gasteiger partial charge on any atom is -0.307 e. The van der Waals surface area contributed by atoms with Gasteiger partial charge in [-0.3, -0.25) is 5.32 Å². The zero-order valence-electron chi connectivity index (χ0n) is 9.16. The van der Waals surface area contributed by atoms with Crippen molar-refractivity contribution in [3.8, 4) is 0 Å². The molecular formula is C10H20F2N2. The fourth-order valence-corrected chi connectivity index (χ4v) is 2.08. The van der Waals surface area contributed by atoms with Crippen LogP contribution in [0.1, 0.15) is 40.0 Å². The van der Waals surface area contributed by atoms with Crippen molar-refractivity contribution < 1.29 is 8.78 Å². The van der Waals surface area contributed by atoms with Gasteiger partial charge < -0.3 is 5.32 Å². The van der Waals surface area contributed by atoms with Gasteiger partial charge in [0.2, 0.25) is 0 Å². The lowest BCUT2D eigenvalue weighted by molar-refractivity contribution is -0.0170. The molecule has 0 aromatic carbocycles. The zero-order valence-corrected chi connectivity index (χ0v) is 9.16. The fourth-order valence-electron chi connectivity index (χ4n) is 2.08. The summed E-state index contributed by atoms with van der Waals surface area (Å²) in [5, 5.41) is 5.48. The molecule has 2 N–H and O–H groups in total. The molecule has 1 aliphatic heterocycles. The number of rotatable bonds is 4. The molecule has 0 amide bonds. The minimum absolute atomic E-state index is 0.0402. The molecule has 4 heteroatoms. The number of nitrogens with one attached hydrogen (secondary N) is 2. The lowest BCUT2D eigenvalue weighted by Gasteiger charge is -2.29. The van der Waals surface area contributed by atoms with Gasteiger partial charge in [0, 0.05) is 24.5 Å². The second-order valence-electron chi connectivity index (χ2n) is 4.76. The third kappa shape index (κ3) is 3.50. The average molecular weight is 206 g/mol. The molecule has 1 unspecified atom stereocenters. The Labute approximate surface area is 84.4 Å². The third-order valence-electron chi connectivity index (χ3n) is 2.58. The molecule has 0 aromatic rings. The van der Waals surface area contributed by atoms with Crippen LogP contribution >= 0.6 is 0 Å². The van der Waals surface area contributed by atoms with E-state index in [1.807, 2.05) is 0 Å². The summed E-state index contributed by atoms with van der Waals surface area (Å²) in [6.45, 7) is 6.59. The van der Waals surface area contributed by atoms with Gasteiger partial charge in [-0.05, 0) is 20.3 Å². The van der Waals surface area contributed by atoms with Crippen molar-refractivity contribution in [3.05, 3.63) is 0 Å². The predicted octanol–water partition coefficient (Wildman–Crippen LogP) is 2.11. The van der Waals surface area contributed by atoms with E-state index in [2.05, 4.69) is 31.4 Å². The molecule has 1 aliphatic rings. The highest BCUT2D eigenvalue weighted by atomic mass is 19.3. The Hall–Kier alpha value is -0.220. The fraction of sp³-hybridized carbons (Fsp3) is 1.00. The van der Waals surface area contributed by atoms with E-state index in [1.54, 1.807) is 0 Å². The van der Waals surface area contributed by atoms with Crippen LogP contribution < -0.4 is 10.6 Å². The van der Waals surface area contributed by atoms with Crippen molar-refractivity contribution >= 4 is 0 Å². The molecule has 0 aliphatic carbocycles. The second-order valence-corrected chi connectivity index (χ2v) is 4.76. The van der Waals surface area contributed by atoms with Gasteiger partial charge in [0.15, 0.2) is 0 Å². The van der Waals surface area contributed by atoms with Gasteiger partial charge in [-0.1, -0.05) is 13.3 Å². The molecule has 2 nitrogen and oxygen atoms in total. The van der Waals surface area contributed by atoms with Crippen molar-refractivity contribution in [2.75, 3.05) is 6.54 Å². The van der Waals surface area contributed by atoms with Gasteiger partial charge in [0.25, 0.3) is 0 Å². The van der Waals surface area contributed by atoms with E-state index in [9.17, 15) is 8.78 Å². The monoisotopic (exact) mass is 206 g/mol. The van der Waals surface area contributed by atoms with Gasteiger partial charge in [-0.25, -0.2) is 0 Å². The molecule has 84 valence electrons. The average Bonchev–Trinajstić information content (AvgIpc) is 2.28. The van der Waals surface area contributed by atoms with Gasteiger partial charge in [-0.2, -0.15) is 8.78 Å². The van der Waals surface area contributed by atoms with E-state index in [0.717, 1.165) is 12.8 Å². The molecule has 1 fully saturated rings. The molecule has 1 rings (SSSR count). The van der Waals surface area contributed by atoms with E-state index in [4.69, 9.17) is 0 Å². The van der Waals surface area contributed by atoms with Crippen LogP contribution in [0.4, 0.5) is 8.78 Å². The van der Waals surface area contributed by atoms with Crippen LogP contribution in [0, 0.1) is 0 Å². The summed E-state index contributed by atoms with van der Waals surface area (Å²) in [6.07, 6.45) is 1.98. The normalized spacial score (nSPS) is 26.8. The van der Waals surface area contributed by atoms with Crippen molar-refractivity contribution in [3.63, 3.8) is 0 Å². The molecule has 1 heterocycles. The number of hydrogen-bond acceptors (Lipinski definition) is 2. The Morgan fingerprint density at radius 1 is 1.50 bits per heavy atom. The molecule has 0 bridgehead atoms. The number of halogens is 2. The van der Waals surface area contributed by atoms with Gasteiger partial charge in [-0.15, -0.1) is 0 Å². The lowest BCUT2D eigenvalue weighted by Crippen LogP contribution is -2.46. The lowest BCUT2D eigenvalue weighted by atomic mass is 9.97. The van der Waals surface area contributed by atoms with Crippen LogP contribution in [0.5, 0.6) is 0 Å². The van der Waals surface area contributed by atoms with Crippen molar-refractivity contribution in [1.82, 2.24) is 10.6 Å². The Bertz CT molecular complexity index is 193. The van der Waals surface area contributed by atoms with E-state index in [0.29, 0.717) is 6.54 Å². The topological polar surface area (TPSA) is 24.1 Å². The number of hydrogen-bond donors (Lipinski definition) is 2. The molecular weight excluding hydrogens is 186 g/mol. The maximum atomic E-state index is 12.8. The molecule has 0 saturated carbocycles. The SMILES string of the molecule is CCCC(C)(C)NC1CNC(F)(F)C1. The first-order chi connectivity index (χ1) is 6.35. The summed E-state index contributed by atoms with van der Waals surface area (Å²) in [6, 6.07) is -2.79. The maximum Gasteiger partial charge on any atom is 0.304 e. The first-order valence-corrected chi connectivity index (χ1v) is 5.25. The smallest absolute Gasteiger partial charge is 0.304 e. The highest BCUT2D eigenvalue weighted by molar-refractivity contribution is 4.90. The summed E-state index contributed by atoms with van der Waals surface area (Å²) in [5.74, 6) is 0. The van der Waals surface area contributed by atoms with Crippen LogP contribution in [0.15, 0.2) is 0 Å². The molecule has 0 radical (unpaired) electrons. The van der Waals surface area contributed by atoms with Gasteiger partial charge >= 0.3 is 6.05 Å². The molecule has 14 heavy (non-hydrogen) atoms. The quantitative estimate of drug-likeness (QED) is 0.688. The molecule has 0 spiro atoms. The summed E-state index contributed by atoms with van der Waals surface area (Å²) in [4.78, 5) is 0. The Morgan fingerprint density at radius 2 is 2.14 bits per heavy atom. The summed E-state index contributed by atoms with van der Waals surface area (Å²) < 4.78 is 25.6. The van der Waals surface area contributed by atoms with E-state index < -0.39 is 6.05 Å². The highest BCUT2D eigenvalue weighted by Crippen LogP contribution is 2.24. The highest BCUT2D eigenvalue weighted by Gasteiger charge is 2.40. The summed E-state index contributed by atoms with van der Waals surface area (Å²) in [5.41, 5.74) is -0.0402. The largest absolute Gasteiger partial charge is 0.307 e. The van der Waals surface area contributed by atoms with Crippen LogP contribution in [0.2, 0.25) is 0 Å². The minimum atomic E-state index is -2.68. The van der Waals surface area contributed by atoms with Crippen LogP contribution in [0.25, 0.3) is 0 Å². The molecule has 0 aromatic heterocycles. The van der Waals surface area contributed by atoms with Crippen LogP contribution in [-0.2, 0) is 0 Å². The predicted molar refractivity (Wildman–Crippen MR) is 53.5 cm³/mol. The first kappa shape index (κ1) is 11.9. The first-order valence-electron chi connectivity index (χ1n) is 5.25. The number of alkyl halides is 2.